The molecule has 0 radical (unpaired) electrons. The van der Waals surface area contributed by atoms with Crippen molar-refractivity contribution in [3.05, 3.63) is 0 Å². The van der Waals surface area contributed by atoms with Gasteiger partial charge in [0.15, 0.2) is 0 Å². The Kier molecular flexibility index (Phi) is 2.48. The van der Waals surface area contributed by atoms with Crippen molar-refractivity contribution in [2.75, 3.05) is 0 Å². The molecule has 0 aromatic heterocycles. The van der Waals surface area contributed by atoms with Gasteiger partial charge in [0.2, 0.25) is 0 Å². The van der Waals surface area contributed by atoms with Gasteiger partial charge in [-0.15, -0.1) is 0 Å². The molecular weight excluding hydrogens is 202 g/mol. The van der Waals surface area contributed by atoms with Crippen molar-refractivity contribution >= 4 is 6.09 Å². The Morgan fingerprint density at radius 2 is 1.94 bits per heavy atom. The van der Waals surface area contributed by atoms with Crippen molar-refractivity contribution in [3.63, 3.8) is 0 Å². The molecule has 2 heterocycles. The second kappa shape index (κ2) is 3.38. The van der Waals surface area contributed by atoms with E-state index in [1.54, 1.807) is 0 Å². The maximum absolute atomic E-state index is 12.1. The van der Waals surface area contributed by atoms with Crippen molar-refractivity contribution in [2.24, 2.45) is 5.41 Å². The molecule has 2 saturated heterocycles. The van der Waals surface area contributed by atoms with E-state index >= 15 is 0 Å². The Labute approximate surface area is 98.1 Å². The van der Waals surface area contributed by atoms with Crippen molar-refractivity contribution in [3.8, 4) is 0 Å². The highest BCUT2D eigenvalue weighted by Gasteiger charge is 2.53. The minimum absolute atomic E-state index is 0.120. The third-order valence-corrected chi connectivity index (χ3v) is 3.77. The predicted octanol–water partition coefficient (Wildman–Crippen LogP) is 3.18. The van der Waals surface area contributed by atoms with Crippen LogP contribution in [0.15, 0.2) is 0 Å². The van der Waals surface area contributed by atoms with E-state index in [4.69, 9.17) is 4.74 Å². The summed E-state index contributed by atoms with van der Waals surface area (Å²) in [6.07, 6.45) is 3.28. The second-order valence-corrected chi connectivity index (χ2v) is 6.83. The highest BCUT2D eigenvalue weighted by Crippen LogP contribution is 2.49. The highest BCUT2D eigenvalue weighted by molar-refractivity contribution is 5.70. The molecule has 2 aliphatic heterocycles. The van der Waals surface area contributed by atoms with Crippen molar-refractivity contribution in [2.45, 2.75) is 71.6 Å². The number of amides is 1. The zero-order chi connectivity index (χ0) is 12.1. The minimum Gasteiger partial charge on any atom is -0.444 e. The number of hydrogen-bond acceptors (Lipinski definition) is 2. The van der Waals surface area contributed by atoms with E-state index in [0.717, 1.165) is 19.3 Å². The van der Waals surface area contributed by atoms with Gasteiger partial charge in [-0.3, -0.25) is 0 Å². The van der Waals surface area contributed by atoms with Crippen molar-refractivity contribution < 1.29 is 9.53 Å². The molecule has 0 spiro atoms. The molecule has 2 rings (SSSR count). The van der Waals surface area contributed by atoms with Gasteiger partial charge in [-0.05, 0) is 45.4 Å². The number of nitrogens with zero attached hydrogens (tertiary/aromatic N) is 1. The summed E-state index contributed by atoms with van der Waals surface area (Å²) in [6.45, 7) is 10.3. The normalized spacial score (nSPS) is 31.9. The number of ether oxygens (including phenoxy) is 1. The molecule has 2 unspecified atom stereocenters. The third kappa shape index (κ3) is 1.92. The first-order chi connectivity index (χ1) is 7.21. The first-order valence-corrected chi connectivity index (χ1v) is 6.22. The molecule has 1 amide bonds. The summed E-state index contributed by atoms with van der Waals surface area (Å²) in [7, 11) is 0. The molecule has 3 nitrogen and oxygen atoms in total. The fraction of sp³-hybridized carbons (Fsp3) is 0.923. The number of fused-ring (bicyclic) bond motifs is 2. The van der Waals surface area contributed by atoms with Gasteiger partial charge in [0.1, 0.15) is 5.60 Å². The first kappa shape index (κ1) is 11.7. The van der Waals surface area contributed by atoms with E-state index in [9.17, 15) is 4.79 Å². The molecule has 2 fully saturated rings. The van der Waals surface area contributed by atoms with Crippen LogP contribution >= 0.6 is 0 Å². The lowest BCUT2D eigenvalue weighted by molar-refractivity contribution is 0.0186. The van der Waals surface area contributed by atoms with Crippen LogP contribution in [0, 0.1) is 5.41 Å². The van der Waals surface area contributed by atoms with Gasteiger partial charge in [0.25, 0.3) is 0 Å². The predicted molar refractivity (Wildman–Crippen MR) is 63.3 cm³/mol. The molecule has 0 aromatic carbocycles. The Morgan fingerprint density at radius 3 is 2.31 bits per heavy atom. The van der Waals surface area contributed by atoms with Crippen LogP contribution in [0.25, 0.3) is 0 Å². The summed E-state index contributed by atoms with van der Waals surface area (Å²) in [4.78, 5) is 14.1. The van der Waals surface area contributed by atoms with Crippen molar-refractivity contribution in [1.82, 2.24) is 4.90 Å². The molecule has 0 N–H and O–H groups in total. The van der Waals surface area contributed by atoms with Gasteiger partial charge in [0, 0.05) is 12.1 Å². The van der Waals surface area contributed by atoms with E-state index in [0.29, 0.717) is 12.1 Å². The number of rotatable bonds is 0. The van der Waals surface area contributed by atoms with Gasteiger partial charge in [-0.25, -0.2) is 4.79 Å². The van der Waals surface area contributed by atoms with E-state index in [-0.39, 0.29) is 17.1 Å². The summed E-state index contributed by atoms with van der Waals surface area (Å²) in [6, 6.07) is 0.794. The standard InChI is InChI=1S/C13H23NO2/c1-12(2,3)16-11(15)14-9-6-7-10(14)13(4,5)8-9/h9-10H,6-8H2,1-5H3. The average Bonchev–Trinajstić information content (AvgIpc) is 2.52. The fourth-order valence-corrected chi connectivity index (χ4v) is 3.18. The monoisotopic (exact) mass is 225 g/mol. The molecule has 16 heavy (non-hydrogen) atoms. The lowest BCUT2D eigenvalue weighted by Gasteiger charge is -2.31. The maximum Gasteiger partial charge on any atom is 0.410 e. The largest absolute Gasteiger partial charge is 0.444 e. The SMILES string of the molecule is CC(C)(C)OC(=O)N1C2CCC1C(C)(C)C2. The van der Waals surface area contributed by atoms with E-state index in [1.165, 1.54) is 0 Å². The molecule has 2 bridgehead atoms. The quantitative estimate of drug-likeness (QED) is 0.633. The smallest absolute Gasteiger partial charge is 0.410 e. The van der Waals surface area contributed by atoms with Gasteiger partial charge >= 0.3 is 6.09 Å². The van der Waals surface area contributed by atoms with Gasteiger partial charge in [-0.2, -0.15) is 0 Å². The Bertz CT molecular complexity index is 304. The Morgan fingerprint density at radius 1 is 1.31 bits per heavy atom. The summed E-state index contributed by atoms with van der Waals surface area (Å²) >= 11 is 0. The topological polar surface area (TPSA) is 29.5 Å². The first-order valence-electron chi connectivity index (χ1n) is 6.22. The lowest BCUT2D eigenvalue weighted by Crippen LogP contribution is -2.41. The third-order valence-electron chi connectivity index (χ3n) is 3.77. The molecule has 3 heteroatoms. The van der Waals surface area contributed by atoms with Crippen LogP contribution in [0.3, 0.4) is 0 Å². The van der Waals surface area contributed by atoms with E-state index in [2.05, 4.69) is 13.8 Å². The molecule has 0 aliphatic carbocycles. The molecule has 2 aliphatic rings. The van der Waals surface area contributed by atoms with Crippen LogP contribution in [0.2, 0.25) is 0 Å². The highest BCUT2D eigenvalue weighted by atomic mass is 16.6. The second-order valence-electron chi connectivity index (χ2n) is 6.83. The van der Waals surface area contributed by atoms with Crippen LogP contribution in [0.4, 0.5) is 4.79 Å². The van der Waals surface area contributed by atoms with Crippen LogP contribution in [0.5, 0.6) is 0 Å². The van der Waals surface area contributed by atoms with Crippen LogP contribution < -0.4 is 0 Å². The van der Waals surface area contributed by atoms with E-state index < -0.39 is 0 Å². The molecule has 0 saturated carbocycles. The summed E-state index contributed by atoms with van der Waals surface area (Å²) in [5.41, 5.74) is -0.122. The number of carbonyl (C=O) groups excluding carboxylic acids is 1. The molecule has 2 atom stereocenters. The minimum atomic E-state index is -0.386. The number of hydrogen-bond donors (Lipinski definition) is 0. The Balaban J connectivity index is 2.10. The zero-order valence-corrected chi connectivity index (χ0v) is 11.0. The Hall–Kier alpha value is -0.730. The fourth-order valence-electron chi connectivity index (χ4n) is 3.18. The summed E-state index contributed by atoms with van der Waals surface area (Å²) in [5.74, 6) is 0. The molecule has 0 aromatic rings. The average molecular weight is 225 g/mol. The number of carbonyl (C=O) groups is 1. The maximum atomic E-state index is 12.1. The summed E-state index contributed by atoms with van der Waals surface area (Å²) in [5, 5.41) is 0. The van der Waals surface area contributed by atoms with Crippen LogP contribution in [-0.2, 0) is 4.74 Å². The van der Waals surface area contributed by atoms with Gasteiger partial charge in [0.05, 0.1) is 0 Å². The molecular formula is C13H23NO2. The van der Waals surface area contributed by atoms with Crippen LogP contribution in [0.1, 0.15) is 53.9 Å². The van der Waals surface area contributed by atoms with E-state index in [1.807, 2.05) is 25.7 Å². The van der Waals surface area contributed by atoms with Crippen molar-refractivity contribution in [1.29, 1.82) is 0 Å². The van der Waals surface area contributed by atoms with Gasteiger partial charge < -0.3 is 9.64 Å². The summed E-state index contributed by atoms with van der Waals surface area (Å²) < 4.78 is 5.48. The molecule has 92 valence electrons. The van der Waals surface area contributed by atoms with Gasteiger partial charge in [-0.1, -0.05) is 13.8 Å². The zero-order valence-electron chi connectivity index (χ0n) is 11.0. The van der Waals surface area contributed by atoms with Crippen LogP contribution in [-0.4, -0.2) is 28.7 Å². The lowest BCUT2D eigenvalue weighted by atomic mass is 9.77.